The van der Waals surface area contributed by atoms with Crippen LogP contribution in [-0.2, 0) is 11.2 Å². The smallest absolute Gasteiger partial charge is 0.232 e. The minimum absolute atomic E-state index is 0.0695. The van der Waals surface area contributed by atoms with E-state index in [2.05, 4.69) is 49.2 Å². The van der Waals surface area contributed by atoms with E-state index in [0.29, 0.717) is 23.8 Å². The Bertz CT molecular complexity index is 914. The minimum atomic E-state index is -0.194. The van der Waals surface area contributed by atoms with Gasteiger partial charge in [-0.3, -0.25) is 9.69 Å². The molecule has 3 N–H and O–H groups in total. The van der Waals surface area contributed by atoms with E-state index >= 15 is 0 Å². The van der Waals surface area contributed by atoms with Gasteiger partial charge in [0.1, 0.15) is 0 Å². The van der Waals surface area contributed by atoms with Crippen molar-refractivity contribution < 1.29 is 4.79 Å². The molecule has 2 aliphatic rings. The van der Waals surface area contributed by atoms with Gasteiger partial charge in [-0.2, -0.15) is 0 Å². The van der Waals surface area contributed by atoms with Crippen LogP contribution in [0, 0.1) is 0 Å². The van der Waals surface area contributed by atoms with Gasteiger partial charge < -0.3 is 11.1 Å². The van der Waals surface area contributed by atoms with Crippen LogP contribution in [0.25, 0.3) is 0 Å². The number of hydrogen-bond acceptors (Lipinski definition) is 3. The number of carbonyl (C=O) groups excluding carboxylic acids is 1. The highest BCUT2D eigenvalue weighted by molar-refractivity contribution is 5.99. The van der Waals surface area contributed by atoms with E-state index in [0.717, 1.165) is 17.7 Å². The second-order valence-electron chi connectivity index (χ2n) is 9.52. The van der Waals surface area contributed by atoms with Gasteiger partial charge in [-0.05, 0) is 74.4 Å². The Morgan fingerprint density at radius 3 is 2.58 bits per heavy atom. The summed E-state index contributed by atoms with van der Waals surface area (Å²) in [5, 5.41) is 3.21. The van der Waals surface area contributed by atoms with Gasteiger partial charge in [0.25, 0.3) is 0 Å². The van der Waals surface area contributed by atoms with Gasteiger partial charge in [0, 0.05) is 29.5 Å². The summed E-state index contributed by atoms with van der Waals surface area (Å²) < 4.78 is 0. The fraction of sp³-hybridized carbons (Fsp3) is 0.519. The molecule has 31 heavy (non-hydrogen) atoms. The molecular formula is C27H37N3O. The molecule has 2 aliphatic heterocycles. The maximum Gasteiger partial charge on any atom is 0.232 e. The third-order valence-electron chi connectivity index (χ3n) is 7.32. The normalized spacial score (nSPS) is 25.0. The Morgan fingerprint density at radius 2 is 1.87 bits per heavy atom. The molecule has 0 radical (unpaired) electrons. The molecule has 0 aliphatic carbocycles. The number of rotatable bonds is 6. The molecule has 4 nitrogen and oxygen atoms in total. The lowest BCUT2D eigenvalue weighted by molar-refractivity contribution is -0.117. The van der Waals surface area contributed by atoms with Crippen molar-refractivity contribution in [2.45, 2.75) is 89.8 Å². The molecule has 1 fully saturated rings. The third kappa shape index (κ3) is 4.50. The van der Waals surface area contributed by atoms with Crippen LogP contribution >= 0.6 is 0 Å². The van der Waals surface area contributed by atoms with Crippen molar-refractivity contribution in [1.29, 1.82) is 0 Å². The van der Waals surface area contributed by atoms with Crippen molar-refractivity contribution in [2.75, 3.05) is 11.1 Å². The van der Waals surface area contributed by atoms with Crippen LogP contribution in [0.2, 0.25) is 0 Å². The first-order chi connectivity index (χ1) is 15.0. The summed E-state index contributed by atoms with van der Waals surface area (Å²) in [6, 6.07) is 15.9. The van der Waals surface area contributed by atoms with E-state index < -0.39 is 0 Å². The first-order valence-corrected chi connectivity index (χ1v) is 12.0. The van der Waals surface area contributed by atoms with E-state index in [1.807, 2.05) is 24.3 Å². The number of amides is 1. The number of piperidine rings is 1. The number of anilines is 2. The van der Waals surface area contributed by atoms with E-state index in [1.54, 1.807) is 0 Å². The van der Waals surface area contributed by atoms with Crippen molar-refractivity contribution in [1.82, 2.24) is 4.90 Å². The average molecular weight is 420 g/mol. The molecule has 4 rings (SSSR count). The summed E-state index contributed by atoms with van der Waals surface area (Å²) in [5.41, 5.74) is 11.4. The Hall–Kier alpha value is -2.33. The number of nitrogen functional groups attached to an aromatic ring is 1. The molecule has 0 spiro atoms. The van der Waals surface area contributed by atoms with Gasteiger partial charge in [-0.15, -0.1) is 0 Å². The first-order valence-electron chi connectivity index (χ1n) is 12.0. The molecule has 2 heterocycles. The molecule has 1 amide bonds. The number of likely N-dealkylation sites (tertiary alicyclic amines) is 1. The lowest BCUT2D eigenvalue weighted by Gasteiger charge is -2.45. The van der Waals surface area contributed by atoms with Crippen LogP contribution in [0.5, 0.6) is 0 Å². The van der Waals surface area contributed by atoms with Gasteiger partial charge in [0.05, 0.1) is 5.92 Å². The zero-order valence-corrected chi connectivity index (χ0v) is 19.2. The molecule has 1 saturated heterocycles. The Kier molecular flexibility index (Phi) is 6.66. The number of carbonyl (C=O) groups is 1. The van der Waals surface area contributed by atoms with Crippen LogP contribution in [-0.4, -0.2) is 22.9 Å². The molecule has 0 aromatic heterocycles. The van der Waals surface area contributed by atoms with Gasteiger partial charge in [0.2, 0.25) is 5.91 Å². The van der Waals surface area contributed by atoms with E-state index in [1.165, 1.54) is 49.7 Å². The van der Waals surface area contributed by atoms with E-state index in [-0.39, 0.29) is 11.8 Å². The Labute approximate surface area is 187 Å². The first kappa shape index (κ1) is 21.9. The Balaban J connectivity index is 1.73. The molecule has 2 aromatic rings. The fourth-order valence-corrected chi connectivity index (χ4v) is 5.74. The summed E-state index contributed by atoms with van der Waals surface area (Å²) in [6.45, 7) is 7.05. The maximum atomic E-state index is 13.0. The van der Waals surface area contributed by atoms with Crippen molar-refractivity contribution in [3.63, 3.8) is 0 Å². The zero-order chi connectivity index (χ0) is 22.0. The van der Waals surface area contributed by atoms with Crippen molar-refractivity contribution >= 4 is 17.3 Å². The van der Waals surface area contributed by atoms with E-state index in [4.69, 9.17) is 5.73 Å². The van der Waals surface area contributed by atoms with Crippen molar-refractivity contribution in [3.8, 4) is 0 Å². The third-order valence-corrected chi connectivity index (χ3v) is 7.32. The van der Waals surface area contributed by atoms with E-state index in [9.17, 15) is 4.79 Å². The van der Waals surface area contributed by atoms with Crippen LogP contribution in [0.4, 0.5) is 11.4 Å². The molecular weight excluding hydrogens is 382 g/mol. The molecule has 2 aromatic carbocycles. The number of nitrogens with one attached hydrogen (secondary N) is 1. The monoisotopic (exact) mass is 419 g/mol. The number of fused-ring (bicyclic) bond motifs is 1. The predicted molar refractivity (Wildman–Crippen MR) is 129 cm³/mol. The van der Waals surface area contributed by atoms with Crippen LogP contribution in [0.3, 0.4) is 0 Å². The largest absolute Gasteiger partial charge is 0.399 e. The SMILES string of the molecule is CCCCC(c1cccc2c1CC(c1cccc(N)c1)C(=O)N2)N1C(C)CCCC1C. The number of nitrogens with two attached hydrogens (primary N) is 1. The predicted octanol–water partition coefficient (Wildman–Crippen LogP) is 6.04. The van der Waals surface area contributed by atoms with Crippen LogP contribution in [0.15, 0.2) is 42.5 Å². The second kappa shape index (κ2) is 9.44. The highest BCUT2D eigenvalue weighted by Crippen LogP contribution is 2.42. The van der Waals surface area contributed by atoms with Gasteiger partial charge in [-0.1, -0.05) is 50.5 Å². The lowest BCUT2D eigenvalue weighted by Crippen LogP contribution is -2.46. The van der Waals surface area contributed by atoms with Gasteiger partial charge >= 0.3 is 0 Å². The van der Waals surface area contributed by atoms with Crippen molar-refractivity contribution in [3.05, 3.63) is 59.2 Å². The molecule has 0 saturated carbocycles. The number of benzene rings is 2. The summed E-state index contributed by atoms with van der Waals surface area (Å²) in [7, 11) is 0. The maximum absolute atomic E-state index is 13.0. The lowest BCUT2D eigenvalue weighted by atomic mass is 9.81. The standard InChI is InChI=1S/C27H37N3O/c1-4-5-15-26(30-18(2)9-6-10-19(30)3)22-13-8-14-25-24(22)17-23(27(31)29-25)20-11-7-12-21(28)16-20/h7-8,11-14,16,18-19,23,26H,4-6,9-10,15,17,28H2,1-3H3,(H,29,31). The molecule has 4 unspecified atom stereocenters. The van der Waals surface area contributed by atoms with Crippen molar-refractivity contribution in [2.24, 2.45) is 0 Å². The molecule has 4 heteroatoms. The minimum Gasteiger partial charge on any atom is -0.399 e. The van der Waals surface area contributed by atoms with Gasteiger partial charge in [-0.25, -0.2) is 0 Å². The number of unbranched alkanes of at least 4 members (excludes halogenated alkanes) is 1. The number of nitrogens with zero attached hydrogens (tertiary/aromatic N) is 1. The summed E-state index contributed by atoms with van der Waals surface area (Å²) in [5.74, 6) is -0.125. The molecule has 4 atom stereocenters. The molecule has 166 valence electrons. The summed E-state index contributed by atoms with van der Waals surface area (Å²) in [6.07, 6.45) is 8.17. The summed E-state index contributed by atoms with van der Waals surface area (Å²) >= 11 is 0. The fourth-order valence-electron chi connectivity index (χ4n) is 5.74. The Morgan fingerprint density at radius 1 is 1.13 bits per heavy atom. The second-order valence-corrected chi connectivity index (χ2v) is 9.52. The topological polar surface area (TPSA) is 58.4 Å². The zero-order valence-electron chi connectivity index (χ0n) is 19.2. The molecule has 0 bridgehead atoms. The highest BCUT2D eigenvalue weighted by atomic mass is 16.1. The highest BCUT2D eigenvalue weighted by Gasteiger charge is 2.35. The number of hydrogen-bond donors (Lipinski definition) is 2. The van der Waals surface area contributed by atoms with Gasteiger partial charge in [0.15, 0.2) is 0 Å². The van der Waals surface area contributed by atoms with Crippen LogP contribution < -0.4 is 11.1 Å². The summed E-state index contributed by atoms with van der Waals surface area (Å²) in [4.78, 5) is 15.7. The average Bonchev–Trinajstić information content (AvgIpc) is 2.75. The quantitative estimate of drug-likeness (QED) is 0.561. The van der Waals surface area contributed by atoms with Crippen LogP contribution in [0.1, 0.15) is 87.9 Å².